The van der Waals surface area contributed by atoms with Gasteiger partial charge < -0.3 is 36.1 Å². The van der Waals surface area contributed by atoms with Crippen LogP contribution < -0.4 is 26.6 Å². The fourth-order valence-electron chi connectivity index (χ4n) is 6.02. The number of benzene rings is 1. The van der Waals surface area contributed by atoms with E-state index < -0.39 is 74.3 Å². The maximum Gasteiger partial charge on any atom is 0.408 e. The van der Waals surface area contributed by atoms with Crippen molar-refractivity contribution in [2.24, 2.45) is 11.8 Å². The Morgan fingerprint density at radius 1 is 0.660 bits per heavy atom. The molecule has 2 aliphatic rings. The first-order valence-electron chi connectivity index (χ1n) is 17.7. The largest absolute Gasteiger partial charge is 0.459 e. The lowest BCUT2D eigenvalue weighted by Crippen LogP contribution is -2.61. The maximum absolute atomic E-state index is 13.5. The Kier molecular flexibility index (Phi) is 16.7. The van der Waals surface area contributed by atoms with E-state index in [2.05, 4.69) is 26.6 Å². The van der Waals surface area contributed by atoms with Crippen LogP contribution in [0.3, 0.4) is 0 Å². The van der Waals surface area contributed by atoms with Crippen LogP contribution in [0.2, 0.25) is 0 Å². The molecular formula is C37H56Cl3N5O8. The summed E-state index contributed by atoms with van der Waals surface area (Å²) in [6, 6.07) is 8.27. The van der Waals surface area contributed by atoms with E-state index in [4.69, 9.17) is 44.3 Å². The maximum atomic E-state index is 13.5. The number of alkyl carbamates (subject to hydrolysis) is 1. The molecular weight excluding hydrogens is 749 g/mol. The average molecular weight is 805 g/mol. The molecule has 2 fully saturated rings. The Balaban J connectivity index is 0.00000231. The molecule has 0 unspecified atom stereocenters. The molecule has 0 bridgehead atoms. The van der Waals surface area contributed by atoms with Gasteiger partial charge in [-0.1, -0.05) is 78.0 Å². The molecule has 5 N–H and O–H groups in total. The lowest BCUT2D eigenvalue weighted by molar-refractivity contribution is -0.154. The zero-order valence-electron chi connectivity index (χ0n) is 32.1. The van der Waals surface area contributed by atoms with Crippen LogP contribution in [0.15, 0.2) is 30.3 Å². The molecule has 2 aliphatic carbocycles. The van der Waals surface area contributed by atoms with E-state index in [1.807, 2.05) is 30.3 Å². The summed E-state index contributed by atoms with van der Waals surface area (Å²) in [5, 5.41) is 14.1. The minimum atomic E-state index is -1.32. The summed E-state index contributed by atoms with van der Waals surface area (Å²) in [4.78, 5) is 78.6. The van der Waals surface area contributed by atoms with Crippen LogP contribution in [-0.2, 0) is 40.1 Å². The number of alkyl halides is 3. The molecule has 0 saturated heterocycles. The first kappa shape index (κ1) is 45.9. The number of halogens is 3. The van der Waals surface area contributed by atoms with E-state index in [0.717, 1.165) is 5.56 Å². The van der Waals surface area contributed by atoms with E-state index in [0.29, 0.717) is 38.5 Å². The van der Waals surface area contributed by atoms with Crippen LogP contribution in [0, 0.1) is 11.8 Å². The second-order valence-electron chi connectivity index (χ2n) is 16.0. The molecule has 0 aliphatic heterocycles. The molecule has 0 heterocycles. The standard InChI is InChI=1S/C36H55N5O8.CHCl3/c1-33(2,3)49-32(47)41-35(6,7)30(45)38-25-19-13-17-23(25)27(42)39-34(4,5)29(44)37-26-20-14-18-24(26)28(43)40-36(8,9)31(46)48-21-22-15-11-10-12-16-22;2-1(3)4/h10-12,15-16,23-26H,13-14,17-21H2,1-9H3,(H,37,44)(H,38,45)(H,39,42)(H,40,43)(H,41,47);1H/t23-,24-,25-,26-;/m0./s1. The second-order valence-corrected chi connectivity index (χ2v) is 18.0. The highest BCUT2D eigenvalue weighted by molar-refractivity contribution is 6.63. The van der Waals surface area contributed by atoms with Gasteiger partial charge >= 0.3 is 12.1 Å². The average Bonchev–Trinajstić information content (AvgIpc) is 3.68. The van der Waals surface area contributed by atoms with Gasteiger partial charge in [0.05, 0.1) is 11.8 Å². The lowest BCUT2D eigenvalue weighted by atomic mass is 9.95. The molecule has 1 aromatic rings. The summed E-state index contributed by atoms with van der Waals surface area (Å²) in [5.41, 5.74) is -3.81. The van der Waals surface area contributed by atoms with E-state index in [-0.39, 0.29) is 18.4 Å². The van der Waals surface area contributed by atoms with Crippen molar-refractivity contribution in [2.45, 2.75) is 146 Å². The third kappa shape index (κ3) is 15.2. The highest BCUT2D eigenvalue weighted by Crippen LogP contribution is 2.29. The quantitative estimate of drug-likeness (QED) is 0.138. The molecule has 16 heteroatoms. The van der Waals surface area contributed by atoms with Crippen molar-refractivity contribution in [3.8, 4) is 0 Å². The number of rotatable bonds is 12. The molecule has 53 heavy (non-hydrogen) atoms. The van der Waals surface area contributed by atoms with E-state index in [1.54, 1.807) is 62.3 Å². The van der Waals surface area contributed by atoms with Crippen molar-refractivity contribution >= 4 is 70.5 Å². The predicted molar refractivity (Wildman–Crippen MR) is 204 cm³/mol. The molecule has 0 spiro atoms. The molecule has 5 amide bonds. The Morgan fingerprint density at radius 2 is 1.08 bits per heavy atom. The first-order chi connectivity index (χ1) is 24.3. The topological polar surface area (TPSA) is 181 Å². The zero-order chi connectivity index (χ0) is 40.4. The molecule has 0 radical (unpaired) electrons. The minimum Gasteiger partial charge on any atom is -0.459 e. The van der Waals surface area contributed by atoms with Crippen molar-refractivity contribution in [1.29, 1.82) is 0 Å². The molecule has 1 aromatic carbocycles. The second kappa shape index (κ2) is 19.3. The van der Waals surface area contributed by atoms with Crippen LogP contribution in [0.25, 0.3) is 0 Å². The number of amides is 5. The van der Waals surface area contributed by atoms with Crippen molar-refractivity contribution in [1.82, 2.24) is 26.6 Å². The van der Waals surface area contributed by atoms with Crippen LogP contribution >= 0.6 is 34.8 Å². The fraction of sp³-hybridized carbons (Fsp3) is 0.676. The van der Waals surface area contributed by atoms with Crippen LogP contribution in [0.5, 0.6) is 0 Å². The van der Waals surface area contributed by atoms with Crippen LogP contribution in [0.4, 0.5) is 4.79 Å². The van der Waals surface area contributed by atoms with Gasteiger partial charge in [0.15, 0.2) is 4.30 Å². The zero-order valence-corrected chi connectivity index (χ0v) is 34.4. The van der Waals surface area contributed by atoms with Crippen LogP contribution in [0.1, 0.15) is 106 Å². The molecule has 13 nitrogen and oxygen atoms in total. The predicted octanol–water partition coefficient (Wildman–Crippen LogP) is 5.38. The van der Waals surface area contributed by atoms with Gasteiger partial charge in [-0.2, -0.15) is 0 Å². The Morgan fingerprint density at radius 3 is 1.51 bits per heavy atom. The molecule has 2 saturated carbocycles. The number of carbonyl (C=O) groups excluding carboxylic acids is 6. The third-order valence-corrected chi connectivity index (χ3v) is 8.88. The summed E-state index contributed by atoms with van der Waals surface area (Å²) >= 11 is 14.4. The highest BCUT2D eigenvalue weighted by atomic mass is 35.6. The van der Waals surface area contributed by atoms with Crippen LogP contribution in [-0.4, -0.2) is 74.3 Å². The normalized spacial score (nSPS) is 20.3. The van der Waals surface area contributed by atoms with Gasteiger partial charge in [0.1, 0.15) is 28.8 Å². The number of esters is 1. The smallest absolute Gasteiger partial charge is 0.408 e. The summed E-state index contributed by atoms with van der Waals surface area (Å²) < 4.78 is 9.97. The van der Waals surface area contributed by atoms with Crippen molar-refractivity contribution in [2.75, 3.05) is 0 Å². The van der Waals surface area contributed by atoms with Gasteiger partial charge in [0, 0.05) is 12.1 Å². The first-order valence-corrected chi connectivity index (χ1v) is 19.1. The Hall–Kier alpha value is -3.29. The molecule has 298 valence electrons. The fourth-order valence-corrected chi connectivity index (χ4v) is 6.02. The summed E-state index contributed by atoms with van der Waals surface area (Å²) in [7, 11) is 0. The van der Waals surface area contributed by atoms with Gasteiger partial charge in [-0.25, -0.2) is 9.59 Å². The number of hydrogen-bond donors (Lipinski definition) is 5. The monoisotopic (exact) mass is 803 g/mol. The number of carbonyl (C=O) groups is 6. The summed E-state index contributed by atoms with van der Waals surface area (Å²) in [6.45, 7) is 14.7. The SMILES string of the molecule is CC(C)(C)OC(=O)NC(C)(C)C(=O)N[C@H]1CCC[C@@H]1C(=O)NC(C)(C)C(=O)N[C@H]1CCC[C@@H]1C(=O)NC(C)(C)C(=O)OCc1ccccc1.ClC(Cl)Cl. The van der Waals surface area contributed by atoms with Gasteiger partial charge in [-0.3, -0.25) is 19.2 Å². The molecule has 0 aromatic heterocycles. The van der Waals surface area contributed by atoms with Gasteiger partial charge in [0.2, 0.25) is 23.6 Å². The number of nitrogens with one attached hydrogen (secondary N) is 5. The van der Waals surface area contributed by atoms with Gasteiger partial charge in [-0.05, 0) is 93.6 Å². The number of hydrogen-bond acceptors (Lipinski definition) is 8. The van der Waals surface area contributed by atoms with Crippen molar-refractivity contribution in [3.05, 3.63) is 35.9 Å². The van der Waals surface area contributed by atoms with Crippen molar-refractivity contribution in [3.63, 3.8) is 0 Å². The minimum absolute atomic E-state index is 0.0825. The number of ether oxygens (including phenoxy) is 2. The van der Waals surface area contributed by atoms with Gasteiger partial charge in [-0.15, -0.1) is 0 Å². The van der Waals surface area contributed by atoms with Gasteiger partial charge in [0.25, 0.3) is 0 Å². The molecule has 4 atom stereocenters. The summed E-state index contributed by atoms with van der Waals surface area (Å²) in [6.07, 6.45) is 2.85. The van der Waals surface area contributed by atoms with E-state index in [1.165, 1.54) is 0 Å². The van der Waals surface area contributed by atoms with E-state index in [9.17, 15) is 28.8 Å². The highest BCUT2D eigenvalue weighted by Gasteiger charge is 2.43. The molecule has 3 rings (SSSR count). The third-order valence-electron chi connectivity index (χ3n) is 8.88. The Labute approximate surface area is 328 Å². The Bertz CT molecular complexity index is 1450. The van der Waals surface area contributed by atoms with Crippen molar-refractivity contribution < 1.29 is 38.2 Å². The summed E-state index contributed by atoms with van der Waals surface area (Å²) in [5.74, 6) is -3.37. The lowest BCUT2D eigenvalue weighted by Gasteiger charge is -2.33. The van der Waals surface area contributed by atoms with E-state index >= 15 is 0 Å².